The van der Waals surface area contributed by atoms with E-state index in [9.17, 15) is 9.59 Å². The SMILES string of the molecule is CC(=O)CN1[C@@H]2CC[C@H]1CC(Nc1c(C(N)=O)cnc3[nH]ccc13)C2. The van der Waals surface area contributed by atoms with Crippen molar-refractivity contribution >= 4 is 28.4 Å². The summed E-state index contributed by atoms with van der Waals surface area (Å²) in [5, 5.41) is 4.45. The van der Waals surface area contributed by atoms with Crippen LogP contribution in [0.4, 0.5) is 5.69 Å². The lowest BCUT2D eigenvalue weighted by molar-refractivity contribution is -0.119. The van der Waals surface area contributed by atoms with Gasteiger partial charge in [0, 0.05) is 35.9 Å². The zero-order chi connectivity index (χ0) is 17.6. The van der Waals surface area contributed by atoms with Crippen LogP contribution in [0, 0.1) is 0 Å². The van der Waals surface area contributed by atoms with Crippen molar-refractivity contribution in [2.24, 2.45) is 5.73 Å². The molecule has 4 rings (SSSR count). The van der Waals surface area contributed by atoms with Crippen molar-refractivity contribution in [2.75, 3.05) is 11.9 Å². The van der Waals surface area contributed by atoms with Gasteiger partial charge in [0.05, 0.1) is 17.8 Å². The topological polar surface area (TPSA) is 104 Å². The van der Waals surface area contributed by atoms with Gasteiger partial charge in [0.2, 0.25) is 0 Å². The Morgan fingerprint density at radius 2 is 2.08 bits per heavy atom. The average Bonchev–Trinajstić information content (AvgIpc) is 3.10. The van der Waals surface area contributed by atoms with Crippen molar-refractivity contribution in [1.29, 1.82) is 0 Å². The number of nitrogens with one attached hydrogen (secondary N) is 2. The van der Waals surface area contributed by atoms with Crippen LogP contribution in [0.3, 0.4) is 0 Å². The van der Waals surface area contributed by atoms with Crippen LogP contribution in [0.1, 0.15) is 43.0 Å². The Kier molecular flexibility index (Phi) is 3.95. The summed E-state index contributed by atoms with van der Waals surface area (Å²) in [7, 11) is 0. The number of nitrogens with two attached hydrogens (primary N) is 1. The van der Waals surface area contributed by atoms with E-state index in [1.54, 1.807) is 6.92 Å². The second-order valence-corrected chi connectivity index (χ2v) is 7.22. The van der Waals surface area contributed by atoms with Crippen LogP contribution in [0.15, 0.2) is 18.5 Å². The molecule has 2 aromatic heterocycles. The number of carbonyl (C=O) groups is 2. The number of anilines is 1. The first-order chi connectivity index (χ1) is 12.0. The summed E-state index contributed by atoms with van der Waals surface area (Å²) in [6.45, 7) is 2.20. The summed E-state index contributed by atoms with van der Waals surface area (Å²) in [4.78, 5) is 33.0. The Hall–Kier alpha value is -2.41. The zero-order valence-electron chi connectivity index (χ0n) is 14.3. The summed E-state index contributed by atoms with van der Waals surface area (Å²) < 4.78 is 0. The number of rotatable bonds is 5. The molecule has 2 aliphatic rings. The van der Waals surface area contributed by atoms with Gasteiger partial charge < -0.3 is 16.0 Å². The van der Waals surface area contributed by atoms with Crippen molar-refractivity contribution < 1.29 is 9.59 Å². The van der Waals surface area contributed by atoms with Crippen molar-refractivity contribution in [3.63, 3.8) is 0 Å². The minimum Gasteiger partial charge on any atom is -0.381 e. The lowest BCUT2D eigenvalue weighted by Crippen LogP contribution is -2.48. The number of fused-ring (bicyclic) bond motifs is 3. The fourth-order valence-electron chi connectivity index (χ4n) is 4.46. The molecule has 2 bridgehead atoms. The van der Waals surface area contributed by atoms with E-state index < -0.39 is 5.91 Å². The lowest BCUT2D eigenvalue weighted by atomic mass is 9.96. The fraction of sp³-hybridized carbons (Fsp3) is 0.500. The minimum atomic E-state index is -0.477. The number of piperidine rings is 1. The van der Waals surface area contributed by atoms with Gasteiger partial charge in [0.25, 0.3) is 5.91 Å². The number of primary amides is 1. The highest BCUT2D eigenvalue weighted by atomic mass is 16.1. The quantitative estimate of drug-likeness (QED) is 0.767. The van der Waals surface area contributed by atoms with E-state index in [1.807, 2.05) is 12.3 Å². The van der Waals surface area contributed by atoms with Gasteiger partial charge in [-0.05, 0) is 38.7 Å². The van der Waals surface area contributed by atoms with Gasteiger partial charge >= 0.3 is 0 Å². The van der Waals surface area contributed by atoms with Crippen LogP contribution < -0.4 is 11.1 Å². The van der Waals surface area contributed by atoms with Gasteiger partial charge in [-0.25, -0.2) is 4.98 Å². The molecule has 4 heterocycles. The molecule has 2 aromatic rings. The summed E-state index contributed by atoms with van der Waals surface area (Å²) in [6, 6.07) is 3.04. The molecular formula is C18H23N5O2. The number of hydrogen-bond donors (Lipinski definition) is 3. The number of aromatic amines is 1. The van der Waals surface area contributed by atoms with Crippen LogP contribution in [0.2, 0.25) is 0 Å². The molecule has 7 nitrogen and oxygen atoms in total. The smallest absolute Gasteiger partial charge is 0.252 e. The summed E-state index contributed by atoms with van der Waals surface area (Å²) >= 11 is 0. The predicted octanol–water partition coefficient (Wildman–Crippen LogP) is 1.66. The minimum absolute atomic E-state index is 0.225. The highest BCUT2D eigenvalue weighted by Crippen LogP contribution is 2.37. The second-order valence-electron chi connectivity index (χ2n) is 7.22. The third-order valence-electron chi connectivity index (χ3n) is 5.49. The monoisotopic (exact) mass is 341 g/mol. The van der Waals surface area contributed by atoms with Crippen LogP contribution in [-0.2, 0) is 4.79 Å². The zero-order valence-corrected chi connectivity index (χ0v) is 14.3. The number of aromatic nitrogens is 2. The van der Waals surface area contributed by atoms with E-state index >= 15 is 0 Å². The molecule has 4 N–H and O–H groups in total. The van der Waals surface area contributed by atoms with Crippen LogP contribution in [-0.4, -0.2) is 51.2 Å². The summed E-state index contributed by atoms with van der Waals surface area (Å²) in [5.41, 5.74) is 7.48. The second kappa shape index (κ2) is 6.15. The van der Waals surface area contributed by atoms with Crippen molar-refractivity contribution in [1.82, 2.24) is 14.9 Å². The maximum absolute atomic E-state index is 11.8. The molecule has 3 atom stereocenters. The Balaban J connectivity index is 1.59. The molecule has 0 saturated carbocycles. The van der Waals surface area contributed by atoms with E-state index in [1.165, 1.54) is 6.20 Å². The van der Waals surface area contributed by atoms with Gasteiger partial charge in [0.15, 0.2) is 0 Å². The largest absolute Gasteiger partial charge is 0.381 e. The van der Waals surface area contributed by atoms with Crippen molar-refractivity contribution in [3.05, 3.63) is 24.0 Å². The molecule has 0 radical (unpaired) electrons. The third kappa shape index (κ3) is 2.89. The number of hydrogen-bond acceptors (Lipinski definition) is 5. The molecule has 7 heteroatoms. The standard InChI is InChI=1S/C18H23N5O2/c1-10(24)9-23-12-2-3-13(23)7-11(6-12)22-16-14-4-5-20-18(14)21-8-15(16)17(19)25/h4-5,8,11-13H,2-3,6-7,9H2,1H3,(H2,19,25)(H2,20,21,22)/t11?,12-,13+. The highest BCUT2D eigenvalue weighted by Gasteiger charge is 2.41. The van der Waals surface area contributed by atoms with Gasteiger partial charge in [0.1, 0.15) is 11.4 Å². The van der Waals surface area contributed by atoms with E-state index in [2.05, 4.69) is 20.2 Å². The molecule has 1 unspecified atom stereocenters. The fourth-order valence-corrected chi connectivity index (χ4v) is 4.46. The first-order valence-electron chi connectivity index (χ1n) is 8.80. The third-order valence-corrected chi connectivity index (χ3v) is 5.49. The molecular weight excluding hydrogens is 318 g/mol. The Labute approximate surface area is 146 Å². The predicted molar refractivity (Wildman–Crippen MR) is 95.5 cm³/mol. The highest BCUT2D eigenvalue weighted by molar-refractivity contribution is 6.05. The number of pyridine rings is 1. The number of H-pyrrole nitrogens is 1. The Morgan fingerprint density at radius 1 is 1.36 bits per heavy atom. The summed E-state index contributed by atoms with van der Waals surface area (Å²) in [6.07, 6.45) is 7.55. The van der Waals surface area contributed by atoms with E-state index in [4.69, 9.17) is 5.73 Å². The molecule has 2 aliphatic heterocycles. The Bertz CT molecular complexity index is 816. The van der Waals surface area contributed by atoms with Crippen LogP contribution in [0.5, 0.6) is 0 Å². The molecule has 0 spiro atoms. The van der Waals surface area contributed by atoms with Gasteiger partial charge in [-0.2, -0.15) is 0 Å². The maximum Gasteiger partial charge on any atom is 0.252 e. The first-order valence-corrected chi connectivity index (χ1v) is 8.80. The van der Waals surface area contributed by atoms with Gasteiger partial charge in [-0.1, -0.05) is 0 Å². The van der Waals surface area contributed by atoms with E-state index in [0.29, 0.717) is 24.2 Å². The van der Waals surface area contributed by atoms with Crippen molar-refractivity contribution in [2.45, 2.75) is 50.7 Å². The molecule has 25 heavy (non-hydrogen) atoms. The number of ketones is 1. The number of nitrogens with zero attached hydrogens (tertiary/aromatic N) is 2. The average molecular weight is 341 g/mol. The number of carbonyl (C=O) groups excluding carboxylic acids is 2. The van der Waals surface area contributed by atoms with E-state index in [-0.39, 0.29) is 11.8 Å². The van der Waals surface area contributed by atoms with Gasteiger partial charge in [-0.15, -0.1) is 0 Å². The molecule has 0 aliphatic carbocycles. The van der Waals surface area contributed by atoms with Gasteiger partial charge in [-0.3, -0.25) is 14.5 Å². The lowest BCUT2D eigenvalue weighted by Gasteiger charge is -2.39. The Morgan fingerprint density at radius 3 is 2.72 bits per heavy atom. The van der Waals surface area contributed by atoms with Crippen LogP contribution in [0.25, 0.3) is 11.0 Å². The molecule has 1 amide bonds. The number of amides is 1. The molecule has 2 saturated heterocycles. The van der Waals surface area contributed by atoms with Crippen LogP contribution >= 0.6 is 0 Å². The normalized spacial score (nSPS) is 26.0. The first kappa shape index (κ1) is 16.1. The number of Topliss-reactive ketones (excluding diaryl/α,β-unsaturated/α-hetero) is 1. The molecule has 132 valence electrons. The molecule has 0 aromatic carbocycles. The summed E-state index contributed by atoms with van der Waals surface area (Å²) in [5.74, 6) is -0.252. The van der Waals surface area contributed by atoms with E-state index in [0.717, 1.165) is 42.4 Å². The maximum atomic E-state index is 11.8. The molecule has 2 fully saturated rings. The van der Waals surface area contributed by atoms with Crippen molar-refractivity contribution in [3.8, 4) is 0 Å².